The Kier molecular flexibility index (Phi) is 4.50. The zero-order valence-electron chi connectivity index (χ0n) is 9.34. The number of hydrogen-bond acceptors (Lipinski definition) is 0. The fourth-order valence-electron chi connectivity index (χ4n) is 1.73. The third-order valence-corrected chi connectivity index (χ3v) is 3.65. The van der Waals surface area contributed by atoms with Gasteiger partial charge in [0.05, 0.1) is 5.38 Å². The van der Waals surface area contributed by atoms with Crippen LogP contribution in [-0.2, 0) is 6.42 Å². The Morgan fingerprint density at radius 3 is 2.44 bits per heavy atom. The van der Waals surface area contributed by atoms with Crippen LogP contribution in [0, 0.1) is 5.82 Å². The highest BCUT2D eigenvalue weighted by atomic mass is 35.5. The molecule has 0 heterocycles. The van der Waals surface area contributed by atoms with E-state index in [0.29, 0.717) is 22.0 Å². The summed E-state index contributed by atoms with van der Waals surface area (Å²) in [5.41, 5.74) is 1.28. The van der Waals surface area contributed by atoms with Gasteiger partial charge in [0.25, 0.3) is 0 Å². The van der Waals surface area contributed by atoms with Crippen molar-refractivity contribution >= 4 is 34.8 Å². The van der Waals surface area contributed by atoms with E-state index in [9.17, 15) is 4.39 Å². The molecule has 2 aromatic rings. The summed E-state index contributed by atoms with van der Waals surface area (Å²) in [7, 11) is 0. The van der Waals surface area contributed by atoms with Crippen molar-refractivity contribution in [3.05, 3.63) is 69.5 Å². The van der Waals surface area contributed by atoms with Gasteiger partial charge in [0.1, 0.15) is 5.82 Å². The highest BCUT2D eigenvalue weighted by Crippen LogP contribution is 2.30. The summed E-state index contributed by atoms with van der Waals surface area (Å²) in [6, 6.07) is 11.8. The summed E-state index contributed by atoms with van der Waals surface area (Å²) in [6.45, 7) is 0. The zero-order chi connectivity index (χ0) is 13.1. The molecule has 0 fully saturated rings. The Balaban J connectivity index is 2.24. The van der Waals surface area contributed by atoms with E-state index in [4.69, 9.17) is 34.8 Å². The molecule has 0 bridgehead atoms. The molecule has 1 atom stereocenters. The number of benzene rings is 2. The molecule has 0 amide bonds. The van der Waals surface area contributed by atoms with Crippen LogP contribution in [0.1, 0.15) is 16.5 Å². The average Bonchev–Trinajstić information content (AvgIpc) is 2.34. The van der Waals surface area contributed by atoms with E-state index in [1.54, 1.807) is 24.3 Å². The van der Waals surface area contributed by atoms with E-state index >= 15 is 0 Å². The first-order valence-electron chi connectivity index (χ1n) is 5.40. The first-order valence-corrected chi connectivity index (χ1v) is 6.59. The van der Waals surface area contributed by atoms with Crippen LogP contribution in [0.2, 0.25) is 10.0 Å². The molecule has 0 aromatic heterocycles. The summed E-state index contributed by atoms with van der Waals surface area (Å²) in [4.78, 5) is 0. The predicted molar refractivity (Wildman–Crippen MR) is 75.2 cm³/mol. The minimum Gasteiger partial charge on any atom is -0.207 e. The number of rotatable bonds is 3. The van der Waals surface area contributed by atoms with E-state index in [1.165, 1.54) is 6.07 Å². The molecule has 2 aromatic carbocycles. The molecular weight excluding hydrogens is 294 g/mol. The molecule has 0 aliphatic carbocycles. The third kappa shape index (κ3) is 3.17. The van der Waals surface area contributed by atoms with E-state index in [2.05, 4.69) is 0 Å². The lowest BCUT2D eigenvalue weighted by Gasteiger charge is -2.12. The first-order chi connectivity index (χ1) is 8.58. The molecule has 94 valence electrons. The Hall–Kier alpha value is -0.760. The van der Waals surface area contributed by atoms with Crippen LogP contribution in [0.4, 0.5) is 4.39 Å². The molecule has 0 spiro atoms. The molecule has 2 rings (SSSR count). The van der Waals surface area contributed by atoms with E-state index in [0.717, 1.165) is 5.56 Å². The van der Waals surface area contributed by atoms with Crippen molar-refractivity contribution in [3.63, 3.8) is 0 Å². The SMILES string of the molecule is Fc1cccc(Cl)c1CC(Cl)c1cccc(Cl)c1. The van der Waals surface area contributed by atoms with Gasteiger partial charge in [-0.25, -0.2) is 4.39 Å². The minimum absolute atomic E-state index is 0.327. The summed E-state index contributed by atoms with van der Waals surface area (Å²) < 4.78 is 13.6. The molecule has 0 saturated carbocycles. The lowest BCUT2D eigenvalue weighted by molar-refractivity contribution is 0.607. The minimum atomic E-state index is -0.363. The number of halogens is 4. The van der Waals surface area contributed by atoms with Crippen LogP contribution in [0.5, 0.6) is 0 Å². The number of hydrogen-bond donors (Lipinski definition) is 0. The Morgan fingerprint density at radius 1 is 1.06 bits per heavy atom. The maximum Gasteiger partial charge on any atom is 0.127 e. The summed E-state index contributed by atoms with van der Waals surface area (Å²) in [5.74, 6) is -0.338. The zero-order valence-corrected chi connectivity index (χ0v) is 11.6. The smallest absolute Gasteiger partial charge is 0.127 e. The second kappa shape index (κ2) is 5.92. The fourth-order valence-corrected chi connectivity index (χ4v) is 2.45. The Labute approximate surface area is 120 Å². The second-order valence-electron chi connectivity index (χ2n) is 3.93. The highest BCUT2D eigenvalue weighted by Gasteiger charge is 2.14. The second-order valence-corrected chi connectivity index (χ2v) is 5.30. The van der Waals surface area contributed by atoms with Gasteiger partial charge >= 0.3 is 0 Å². The van der Waals surface area contributed by atoms with Crippen molar-refractivity contribution in [3.8, 4) is 0 Å². The molecule has 1 unspecified atom stereocenters. The summed E-state index contributed by atoms with van der Waals surface area (Å²) in [5, 5.41) is 0.638. The van der Waals surface area contributed by atoms with Gasteiger partial charge in [-0.05, 0) is 36.2 Å². The largest absolute Gasteiger partial charge is 0.207 e. The van der Waals surface area contributed by atoms with Crippen molar-refractivity contribution in [1.82, 2.24) is 0 Å². The van der Waals surface area contributed by atoms with Gasteiger partial charge in [0, 0.05) is 15.6 Å². The first kappa shape index (κ1) is 13.7. The van der Waals surface area contributed by atoms with Crippen LogP contribution in [0.25, 0.3) is 0 Å². The van der Waals surface area contributed by atoms with Crippen LogP contribution in [0.3, 0.4) is 0 Å². The van der Waals surface area contributed by atoms with Gasteiger partial charge in [-0.2, -0.15) is 0 Å². The molecule has 0 radical (unpaired) electrons. The predicted octanol–water partition coefficient (Wildman–Crippen LogP) is 5.66. The monoisotopic (exact) mass is 302 g/mol. The van der Waals surface area contributed by atoms with Gasteiger partial charge < -0.3 is 0 Å². The van der Waals surface area contributed by atoms with Gasteiger partial charge in [-0.1, -0.05) is 41.4 Å². The van der Waals surface area contributed by atoms with Crippen LogP contribution >= 0.6 is 34.8 Å². The van der Waals surface area contributed by atoms with Crippen LogP contribution < -0.4 is 0 Å². The molecule has 4 heteroatoms. The maximum absolute atomic E-state index is 13.6. The van der Waals surface area contributed by atoms with Crippen molar-refractivity contribution < 1.29 is 4.39 Å². The molecule has 0 N–H and O–H groups in total. The van der Waals surface area contributed by atoms with Gasteiger partial charge in [-0.15, -0.1) is 11.6 Å². The highest BCUT2D eigenvalue weighted by molar-refractivity contribution is 6.31. The van der Waals surface area contributed by atoms with Crippen molar-refractivity contribution in [2.24, 2.45) is 0 Å². The number of alkyl halides is 1. The Morgan fingerprint density at radius 2 is 1.78 bits per heavy atom. The van der Waals surface area contributed by atoms with Crippen molar-refractivity contribution in [2.75, 3.05) is 0 Å². The van der Waals surface area contributed by atoms with E-state index in [1.807, 2.05) is 12.1 Å². The standard InChI is InChI=1S/C14H10Cl3F/c15-10-4-1-3-9(7-10)13(17)8-11-12(16)5-2-6-14(11)18/h1-7,13H,8H2. The van der Waals surface area contributed by atoms with Crippen LogP contribution in [0.15, 0.2) is 42.5 Å². The van der Waals surface area contributed by atoms with E-state index in [-0.39, 0.29) is 11.2 Å². The van der Waals surface area contributed by atoms with Crippen molar-refractivity contribution in [1.29, 1.82) is 0 Å². The lowest BCUT2D eigenvalue weighted by atomic mass is 10.0. The van der Waals surface area contributed by atoms with Gasteiger partial charge in [-0.3, -0.25) is 0 Å². The maximum atomic E-state index is 13.6. The van der Waals surface area contributed by atoms with E-state index < -0.39 is 0 Å². The quantitative estimate of drug-likeness (QED) is 0.642. The molecule has 0 aliphatic heterocycles. The third-order valence-electron chi connectivity index (χ3n) is 2.66. The molecule has 18 heavy (non-hydrogen) atoms. The Bertz CT molecular complexity index is 534. The summed E-state index contributed by atoms with van der Waals surface area (Å²) >= 11 is 18.1. The molecule has 0 aliphatic rings. The van der Waals surface area contributed by atoms with Gasteiger partial charge in [0.15, 0.2) is 0 Å². The van der Waals surface area contributed by atoms with Crippen LogP contribution in [-0.4, -0.2) is 0 Å². The van der Waals surface area contributed by atoms with Crippen molar-refractivity contribution in [2.45, 2.75) is 11.8 Å². The molecular formula is C14H10Cl3F. The van der Waals surface area contributed by atoms with Gasteiger partial charge in [0.2, 0.25) is 0 Å². The molecule has 0 saturated heterocycles. The fraction of sp³-hybridized carbons (Fsp3) is 0.143. The lowest BCUT2D eigenvalue weighted by Crippen LogP contribution is -1.99. The molecule has 0 nitrogen and oxygen atoms in total. The topological polar surface area (TPSA) is 0 Å². The average molecular weight is 304 g/mol. The normalized spacial score (nSPS) is 12.4. The summed E-state index contributed by atoms with van der Waals surface area (Å²) in [6.07, 6.45) is 0.327.